The van der Waals surface area contributed by atoms with Crippen molar-refractivity contribution in [2.24, 2.45) is 16.8 Å². The third-order valence-corrected chi connectivity index (χ3v) is 4.10. The summed E-state index contributed by atoms with van der Waals surface area (Å²) in [4.78, 5) is 2.25. The zero-order valence-corrected chi connectivity index (χ0v) is 11.9. The molecule has 0 unspecified atom stereocenters. The van der Waals surface area contributed by atoms with Crippen molar-refractivity contribution < 1.29 is 5.21 Å². The highest BCUT2D eigenvalue weighted by Gasteiger charge is 2.23. The maximum Gasteiger partial charge on any atom is 0.173 e. The third-order valence-electron chi connectivity index (χ3n) is 3.78. The van der Waals surface area contributed by atoms with E-state index in [9.17, 15) is 0 Å². The van der Waals surface area contributed by atoms with Crippen molar-refractivity contribution in [3.8, 4) is 0 Å². The number of nitrogens with zero attached hydrogens (tertiary/aromatic N) is 2. The van der Waals surface area contributed by atoms with E-state index in [0.717, 1.165) is 24.7 Å². The standard InChI is InChI=1S/C14H20ClN3O/c1-2-18(9-10-5-3-6-10)12-8-4-7-11(15)13(12)14(16)17-19/h4,7-8,10,19H,2-3,5-6,9H2,1H3,(H2,16,17). The predicted octanol–water partition coefficient (Wildman–Crippen LogP) is 3.06. The highest BCUT2D eigenvalue weighted by atomic mass is 35.5. The molecule has 0 aromatic heterocycles. The summed E-state index contributed by atoms with van der Waals surface area (Å²) in [7, 11) is 0. The average Bonchev–Trinajstić information content (AvgIpc) is 2.37. The Balaban J connectivity index is 2.32. The molecule has 0 spiro atoms. The van der Waals surface area contributed by atoms with Gasteiger partial charge in [0.05, 0.1) is 10.6 Å². The van der Waals surface area contributed by atoms with E-state index < -0.39 is 0 Å². The molecule has 1 fully saturated rings. The fourth-order valence-electron chi connectivity index (χ4n) is 2.46. The largest absolute Gasteiger partial charge is 0.409 e. The van der Waals surface area contributed by atoms with Crippen molar-refractivity contribution in [3.63, 3.8) is 0 Å². The number of hydrogen-bond donors (Lipinski definition) is 2. The van der Waals surface area contributed by atoms with Gasteiger partial charge in [0.1, 0.15) is 0 Å². The first-order chi connectivity index (χ1) is 9.17. The summed E-state index contributed by atoms with van der Waals surface area (Å²) in [5.74, 6) is 0.812. The number of anilines is 1. The number of benzene rings is 1. The lowest BCUT2D eigenvalue weighted by Crippen LogP contribution is -2.34. The molecule has 0 heterocycles. The van der Waals surface area contributed by atoms with E-state index >= 15 is 0 Å². The van der Waals surface area contributed by atoms with Crippen LogP contribution in [0.4, 0.5) is 5.69 Å². The lowest BCUT2D eigenvalue weighted by molar-refractivity contribution is 0.317. The zero-order chi connectivity index (χ0) is 13.8. The molecule has 0 atom stereocenters. The second-order valence-corrected chi connectivity index (χ2v) is 5.36. The topological polar surface area (TPSA) is 61.8 Å². The van der Waals surface area contributed by atoms with Crippen LogP contribution in [0.15, 0.2) is 23.4 Å². The average molecular weight is 282 g/mol. The van der Waals surface area contributed by atoms with E-state index in [0.29, 0.717) is 10.6 Å². The van der Waals surface area contributed by atoms with Gasteiger partial charge in [-0.25, -0.2) is 0 Å². The Labute approximate surface area is 118 Å². The van der Waals surface area contributed by atoms with Gasteiger partial charge in [0.15, 0.2) is 5.84 Å². The molecule has 1 aromatic rings. The molecule has 1 saturated carbocycles. The Bertz CT molecular complexity index is 472. The minimum absolute atomic E-state index is 0.0626. The molecule has 104 valence electrons. The maximum absolute atomic E-state index is 8.92. The van der Waals surface area contributed by atoms with Crippen molar-refractivity contribution in [2.45, 2.75) is 26.2 Å². The molecule has 1 aliphatic carbocycles. The summed E-state index contributed by atoms with van der Waals surface area (Å²) >= 11 is 6.19. The van der Waals surface area contributed by atoms with Gasteiger partial charge in [-0.2, -0.15) is 0 Å². The molecule has 1 aromatic carbocycles. The molecule has 0 aliphatic heterocycles. The van der Waals surface area contributed by atoms with Crippen LogP contribution in [-0.4, -0.2) is 24.1 Å². The highest BCUT2D eigenvalue weighted by molar-refractivity contribution is 6.34. The summed E-state index contributed by atoms with van der Waals surface area (Å²) in [5, 5.41) is 12.5. The number of oxime groups is 1. The van der Waals surface area contributed by atoms with E-state index in [1.165, 1.54) is 19.3 Å². The van der Waals surface area contributed by atoms with Crippen molar-refractivity contribution in [3.05, 3.63) is 28.8 Å². The summed E-state index contributed by atoms with van der Waals surface area (Å²) in [6, 6.07) is 5.63. The Morgan fingerprint density at radius 1 is 1.53 bits per heavy atom. The quantitative estimate of drug-likeness (QED) is 0.377. The summed E-state index contributed by atoms with van der Waals surface area (Å²) in [6.07, 6.45) is 3.90. The van der Waals surface area contributed by atoms with Crippen LogP contribution in [0, 0.1) is 5.92 Å². The summed E-state index contributed by atoms with van der Waals surface area (Å²) in [5.41, 5.74) is 7.31. The summed E-state index contributed by atoms with van der Waals surface area (Å²) < 4.78 is 0. The second-order valence-electron chi connectivity index (χ2n) is 4.95. The number of amidine groups is 1. The molecular formula is C14H20ClN3O. The third kappa shape index (κ3) is 2.95. The van der Waals surface area contributed by atoms with Crippen LogP contribution in [0.5, 0.6) is 0 Å². The normalized spacial score (nSPS) is 16.2. The van der Waals surface area contributed by atoms with Crippen molar-refractivity contribution in [1.29, 1.82) is 0 Å². The molecule has 19 heavy (non-hydrogen) atoms. The van der Waals surface area contributed by atoms with E-state index in [1.54, 1.807) is 6.07 Å². The lowest BCUT2D eigenvalue weighted by Gasteiger charge is -2.34. The van der Waals surface area contributed by atoms with E-state index in [1.807, 2.05) is 12.1 Å². The molecule has 1 aliphatic rings. The first-order valence-electron chi connectivity index (χ1n) is 6.68. The Hall–Kier alpha value is -1.42. The van der Waals surface area contributed by atoms with Crippen LogP contribution in [0.3, 0.4) is 0 Å². The number of rotatable bonds is 5. The van der Waals surface area contributed by atoms with Gasteiger partial charge in [0.25, 0.3) is 0 Å². The molecule has 0 radical (unpaired) electrons. The highest BCUT2D eigenvalue weighted by Crippen LogP contribution is 2.32. The molecule has 2 rings (SSSR count). The van der Waals surface area contributed by atoms with Gasteiger partial charge in [-0.1, -0.05) is 29.2 Å². The zero-order valence-electron chi connectivity index (χ0n) is 11.1. The van der Waals surface area contributed by atoms with Gasteiger partial charge >= 0.3 is 0 Å². The Morgan fingerprint density at radius 2 is 2.26 bits per heavy atom. The molecular weight excluding hydrogens is 262 g/mol. The van der Waals surface area contributed by atoms with Crippen LogP contribution in [-0.2, 0) is 0 Å². The molecule has 0 bridgehead atoms. The van der Waals surface area contributed by atoms with E-state index in [2.05, 4.69) is 17.0 Å². The van der Waals surface area contributed by atoms with Gasteiger partial charge in [0.2, 0.25) is 0 Å². The molecule has 3 N–H and O–H groups in total. The van der Waals surface area contributed by atoms with Crippen LogP contribution >= 0.6 is 11.6 Å². The van der Waals surface area contributed by atoms with E-state index in [-0.39, 0.29) is 5.84 Å². The van der Waals surface area contributed by atoms with Crippen molar-refractivity contribution >= 4 is 23.1 Å². The Morgan fingerprint density at radius 3 is 2.79 bits per heavy atom. The van der Waals surface area contributed by atoms with Crippen LogP contribution in [0.2, 0.25) is 5.02 Å². The van der Waals surface area contributed by atoms with Crippen molar-refractivity contribution in [2.75, 3.05) is 18.0 Å². The van der Waals surface area contributed by atoms with Gasteiger partial charge in [-0.15, -0.1) is 0 Å². The van der Waals surface area contributed by atoms with Crippen LogP contribution in [0.1, 0.15) is 31.7 Å². The second kappa shape index (κ2) is 6.15. The molecule has 0 amide bonds. The number of nitrogens with two attached hydrogens (primary N) is 1. The first kappa shape index (κ1) is 14.0. The minimum atomic E-state index is 0.0626. The lowest BCUT2D eigenvalue weighted by atomic mass is 9.85. The van der Waals surface area contributed by atoms with Gasteiger partial charge in [0, 0.05) is 18.8 Å². The fraction of sp³-hybridized carbons (Fsp3) is 0.500. The maximum atomic E-state index is 8.92. The number of halogens is 1. The monoisotopic (exact) mass is 281 g/mol. The van der Waals surface area contributed by atoms with Crippen LogP contribution in [0.25, 0.3) is 0 Å². The van der Waals surface area contributed by atoms with Gasteiger partial charge < -0.3 is 15.8 Å². The molecule has 0 saturated heterocycles. The first-order valence-corrected chi connectivity index (χ1v) is 7.06. The van der Waals surface area contributed by atoms with Gasteiger partial charge in [-0.05, 0) is 37.8 Å². The predicted molar refractivity (Wildman–Crippen MR) is 79.2 cm³/mol. The SMILES string of the molecule is CCN(CC1CCC1)c1cccc(Cl)c1/C(N)=N/O. The fourth-order valence-corrected chi connectivity index (χ4v) is 2.73. The van der Waals surface area contributed by atoms with Crippen molar-refractivity contribution in [1.82, 2.24) is 0 Å². The molecule has 4 nitrogen and oxygen atoms in total. The summed E-state index contributed by atoms with van der Waals surface area (Å²) in [6.45, 7) is 3.99. The number of hydrogen-bond acceptors (Lipinski definition) is 3. The van der Waals surface area contributed by atoms with Crippen LogP contribution < -0.4 is 10.6 Å². The Kier molecular flexibility index (Phi) is 4.53. The molecule has 5 heteroatoms. The smallest absolute Gasteiger partial charge is 0.173 e. The van der Waals surface area contributed by atoms with E-state index in [4.69, 9.17) is 22.5 Å². The van der Waals surface area contributed by atoms with Gasteiger partial charge in [-0.3, -0.25) is 0 Å². The minimum Gasteiger partial charge on any atom is -0.409 e.